The molecule has 1 aromatic heterocycles. The van der Waals surface area contributed by atoms with Gasteiger partial charge in [0.05, 0.1) is 18.8 Å². The smallest absolute Gasteiger partial charge is 0.244 e. The highest BCUT2D eigenvalue weighted by Gasteiger charge is 2.13. The Morgan fingerprint density at radius 1 is 1.65 bits per heavy atom. The summed E-state index contributed by atoms with van der Waals surface area (Å²) in [5.41, 5.74) is 0.868. The lowest BCUT2D eigenvalue weighted by atomic mass is 10.1. The average Bonchev–Trinajstić information content (AvgIpc) is 2.68. The number of hydrogen-bond donors (Lipinski definition) is 2. The molecule has 5 heteroatoms. The normalized spacial score (nSPS) is 13.2. The van der Waals surface area contributed by atoms with Gasteiger partial charge in [0.25, 0.3) is 0 Å². The van der Waals surface area contributed by atoms with Crippen molar-refractivity contribution in [1.29, 1.82) is 0 Å². The highest BCUT2D eigenvalue weighted by Crippen LogP contribution is 2.02. The summed E-state index contributed by atoms with van der Waals surface area (Å²) in [7, 11) is 1.82. The molecule has 0 radical (unpaired) electrons. The van der Waals surface area contributed by atoms with Crippen LogP contribution in [0.15, 0.2) is 18.5 Å². The van der Waals surface area contributed by atoms with Crippen molar-refractivity contribution in [3.63, 3.8) is 0 Å². The first kappa shape index (κ1) is 13.4. The van der Waals surface area contributed by atoms with E-state index in [1.165, 1.54) is 6.08 Å². The topological polar surface area (TPSA) is 67.2 Å². The van der Waals surface area contributed by atoms with Crippen LogP contribution in [0.4, 0.5) is 0 Å². The fourth-order valence-corrected chi connectivity index (χ4v) is 1.35. The Hall–Kier alpha value is -1.62. The lowest BCUT2D eigenvalue weighted by Gasteiger charge is -2.18. The van der Waals surface area contributed by atoms with Crippen LogP contribution in [0.1, 0.15) is 19.4 Å². The van der Waals surface area contributed by atoms with Crippen LogP contribution in [0.3, 0.4) is 0 Å². The highest BCUT2D eigenvalue weighted by molar-refractivity contribution is 5.91. The third-order valence-corrected chi connectivity index (χ3v) is 2.48. The number of aryl methyl sites for hydroxylation is 1. The Kier molecular flexibility index (Phi) is 4.90. The standard InChI is InChI=1S/C12H19N3O2/c1-9(2)11(8-16)14-12(17)5-4-10-6-13-15(3)7-10/h4-7,9,11,16H,8H2,1-3H3,(H,14,17)/b5-4+. The molecular weight excluding hydrogens is 218 g/mol. The minimum Gasteiger partial charge on any atom is -0.394 e. The van der Waals surface area contributed by atoms with Gasteiger partial charge in [0, 0.05) is 24.9 Å². The van der Waals surface area contributed by atoms with Gasteiger partial charge in [0.1, 0.15) is 0 Å². The summed E-state index contributed by atoms with van der Waals surface area (Å²) >= 11 is 0. The molecule has 0 saturated carbocycles. The summed E-state index contributed by atoms with van der Waals surface area (Å²) in [4.78, 5) is 11.6. The molecular formula is C12H19N3O2. The molecule has 0 saturated heterocycles. The Balaban J connectivity index is 2.52. The van der Waals surface area contributed by atoms with Gasteiger partial charge >= 0.3 is 0 Å². The van der Waals surface area contributed by atoms with Gasteiger partial charge in [-0.1, -0.05) is 13.8 Å². The van der Waals surface area contributed by atoms with Gasteiger partial charge in [-0.15, -0.1) is 0 Å². The summed E-state index contributed by atoms with van der Waals surface area (Å²) in [6, 6.07) is -0.207. The third kappa shape index (κ3) is 4.40. The molecule has 0 aliphatic rings. The van der Waals surface area contributed by atoms with E-state index in [9.17, 15) is 4.79 Å². The van der Waals surface area contributed by atoms with Crippen molar-refractivity contribution in [1.82, 2.24) is 15.1 Å². The molecule has 1 heterocycles. The Labute approximate surface area is 101 Å². The number of nitrogens with zero attached hydrogens (tertiary/aromatic N) is 2. The number of aliphatic hydroxyl groups excluding tert-OH is 1. The number of nitrogens with one attached hydrogen (secondary N) is 1. The maximum Gasteiger partial charge on any atom is 0.244 e. The summed E-state index contributed by atoms with van der Waals surface area (Å²) in [6.45, 7) is 3.85. The van der Waals surface area contributed by atoms with Crippen molar-refractivity contribution in [3.05, 3.63) is 24.0 Å². The fourth-order valence-electron chi connectivity index (χ4n) is 1.35. The number of rotatable bonds is 5. The maximum absolute atomic E-state index is 11.6. The van der Waals surface area contributed by atoms with Gasteiger partial charge in [0.15, 0.2) is 0 Å². The minimum absolute atomic E-state index is 0.0514. The second-order valence-electron chi connectivity index (χ2n) is 4.32. The molecule has 0 fully saturated rings. The second-order valence-corrected chi connectivity index (χ2v) is 4.32. The first-order chi connectivity index (χ1) is 8.02. The molecule has 1 unspecified atom stereocenters. The first-order valence-electron chi connectivity index (χ1n) is 5.61. The van der Waals surface area contributed by atoms with E-state index in [1.54, 1.807) is 17.0 Å². The molecule has 17 heavy (non-hydrogen) atoms. The number of hydrogen-bond acceptors (Lipinski definition) is 3. The van der Waals surface area contributed by atoms with E-state index in [-0.39, 0.29) is 24.5 Å². The monoisotopic (exact) mass is 237 g/mol. The third-order valence-electron chi connectivity index (χ3n) is 2.48. The average molecular weight is 237 g/mol. The van der Waals surface area contributed by atoms with E-state index in [0.29, 0.717) is 0 Å². The lowest BCUT2D eigenvalue weighted by molar-refractivity contribution is -0.117. The predicted octanol–water partition coefficient (Wildman–Crippen LogP) is 0.566. The van der Waals surface area contributed by atoms with Crippen LogP contribution in [0.2, 0.25) is 0 Å². The molecule has 2 N–H and O–H groups in total. The van der Waals surface area contributed by atoms with Crippen molar-refractivity contribution >= 4 is 12.0 Å². The summed E-state index contributed by atoms with van der Waals surface area (Å²) in [6.07, 6.45) is 6.63. The molecule has 0 spiro atoms. The molecule has 5 nitrogen and oxygen atoms in total. The zero-order chi connectivity index (χ0) is 12.8. The number of carbonyl (C=O) groups is 1. The molecule has 1 rings (SSSR count). The number of aromatic nitrogens is 2. The van der Waals surface area contributed by atoms with Gasteiger partial charge in [-0.25, -0.2) is 0 Å². The number of carbonyl (C=O) groups excluding carboxylic acids is 1. The minimum atomic E-state index is -0.207. The van der Waals surface area contributed by atoms with Crippen LogP contribution in [-0.2, 0) is 11.8 Å². The molecule has 94 valence electrons. The van der Waals surface area contributed by atoms with Crippen molar-refractivity contribution in [2.45, 2.75) is 19.9 Å². The summed E-state index contributed by atoms with van der Waals surface area (Å²) in [5.74, 6) is -0.00246. The summed E-state index contributed by atoms with van der Waals surface area (Å²) in [5, 5.41) is 15.8. The molecule has 0 aliphatic carbocycles. The number of amides is 1. The van der Waals surface area contributed by atoms with Crippen LogP contribution < -0.4 is 5.32 Å². The fraction of sp³-hybridized carbons (Fsp3) is 0.500. The van der Waals surface area contributed by atoms with Crippen molar-refractivity contribution < 1.29 is 9.90 Å². The molecule has 0 bridgehead atoms. The van der Waals surface area contributed by atoms with E-state index >= 15 is 0 Å². The lowest BCUT2D eigenvalue weighted by Crippen LogP contribution is -2.40. The Bertz CT molecular complexity index is 396. The van der Waals surface area contributed by atoms with Crippen LogP contribution in [0, 0.1) is 5.92 Å². The molecule has 0 aliphatic heterocycles. The molecule has 1 amide bonds. The van der Waals surface area contributed by atoms with E-state index < -0.39 is 0 Å². The van der Waals surface area contributed by atoms with Crippen molar-refractivity contribution in [3.8, 4) is 0 Å². The van der Waals surface area contributed by atoms with Crippen LogP contribution >= 0.6 is 0 Å². The maximum atomic E-state index is 11.6. The molecule has 0 aromatic carbocycles. The van der Waals surface area contributed by atoms with Crippen molar-refractivity contribution in [2.24, 2.45) is 13.0 Å². The second kappa shape index (κ2) is 6.20. The van der Waals surface area contributed by atoms with Gasteiger partial charge in [-0.2, -0.15) is 5.10 Å². The highest BCUT2D eigenvalue weighted by atomic mass is 16.3. The van der Waals surface area contributed by atoms with E-state index in [1.807, 2.05) is 27.1 Å². The van der Waals surface area contributed by atoms with Crippen molar-refractivity contribution in [2.75, 3.05) is 6.61 Å². The van der Waals surface area contributed by atoms with Gasteiger partial charge in [0.2, 0.25) is 5.91 Å². The zero-order valence-electron chi connectivity index (χ0n) is 10.4. The quantitative estimate of drug-likeness (QED) is 0.736. The van der Waals surface area contributed by atoms with Crippen LogP contribution in [-0.4, -0.2) is 33.4 Å². The summed E-state index contributed by atoms with van der Waals surface area (Å²) < 4.78 is 1.67. The zero-order valence-corrected chi connectivity index (χ0v) is 10.4. The SMILES string of the molecule is CC(C)C(CO)NC(=O)/C=C/c1cnn(C)c1. The van der Waals surface area contributed by atoms with E-state index in [0.717, 1.165) is 5.56 Å². The van der Waals surface area contributed by atoms with Crippen LogP contribution in [0.25, 0.3) is 6.08 Å². The van der Waals surface area contributed by atoms with E-state index in [2.05, 4.69) is 10.4 Å². The van der Waals surface area contributed by atoms with Gasteiger partial charge < -0.3 is 10.4 Å². The van der Waals surface area contributed by atoms with E-state index in [4.69, 9.17) is 5.11 Å². The van der Waals surface area contributed by atoms with Crippen LogP contribution in [0.5, 0.6) is 0 Å². The van der Waals surface area contributed by atoms with Gasteiger partial charge in [-0.3, -0.25) is 9.48 Å². The Morgan fingerprint density at radius 2 is 2.35 bits per heavy atom. The molecule has 1 atom stereocenters. The largest absolute Gasteiger partial charge is 0.394 e. The number of aliphatic hydroxyl groups is 1. The first-order valence-corrected chi connectivity index (χ1v) is 5.61. The Morgan fingerprint density at radius 3 is 2.82 bits per heavy atom. The van der Waals surface area contributed by atoms with Gasteiger partial charge in [-0.05, 0) is 12.0 Å². The predicted molar refractivity (Wildman–Crippen MR) is 66.1 cm³/mol. The molecule has 1 aromatic rings.